The number of benzene rings is 3. The van der Waals surface area contributed by atoms with E-state index in [1.54, 1.807) is 23.1 Å². The van der Waals surface area contributed by atoms with Gasteiger partial charge in [0.2, 0.25) is 5.91 Å². The molecule has 1 fully saturated rings. The minimum atomic E-state index is -0.816. The van der Waals surface area contributed by atoms with Gasteiger partial charge in [-0.2, -0.15) is 0 Å². The number of thiocarbonyl (C=S) groups is 1. The third kappa shape index (κ3) is 5.46. The zero-order chi connectivity index (χ0) is 24.1. The largest absolute Gasteiger partial charge is 0.336 e. The predicted molar refractivity (Wildman–Crippen MR) is 130 cm³/mol. The molecule has 0 aliphatic carbocycles. The fourth-order valence-electron chi connectivity index (χ4n) is 3.92. The van der Waals surface area contributed by atoms with Crippen LogP contribution in [-0.2, 0) is 22.6 Å². The van der Waals surface area contributed by atoms with Gasteiger partial charge in [0.1, 0.15) is 17.7 Å². The number of carbonyl (C=O) groups excluding carboxylic acids is 2. The monoisotopic (exact) mass is 479 g/mol. The maximum absolute atomic E-state index is 14.2. The van der Waals surface area contributed by atoms with E-state index in [0.29, 0.717) is 22.8 Å². The molecule has 1 N–H and O–H groups in total. The van der Waals surface area contributed by atoms with Gasteiger partial charge in [-0.05, 0) is 60.1 Å². The van der Waals surface area contributed by atoms with Crippen molar-refractivity contribution in [1.29, 1.82) is 0 Å². The highest BCUT2D eigenvalue weighted by atomic mass is 32.1. The molecule has 174 valence electrons. The Hall–Kier alpha value is -3.65. The second kappa shape index (κ2) is 10.5. The molecule has 2 amide bonds. The maximum atomic E-state index is 14.2. The fraction of sp³-hybridized carbons (Fsp3) is 0.192. The second-order valence-electron chi connectivity index (χ2n) is 8.00. The van der Waals surface area contributed by atoms with Gasteiger partial charge in [0, 0.05) is 12.2 Å². The van der Waals surface area contributed by atoms with Crippen molar-refractivity contribution in [2.45, 2.75) is 25.4 Å². The van der Waals surface area contributed by atoms with Crippen LogP contribution in [0.2, 0.25) is 0 Å². The van der Waals surface area contributed by atoms with Crippen LogP contribution in [0.25, 0.3) is 0 Å². The van der Waals surface area contributed by atoms with Crippen LogP contribution >= 0.6 is 12.2 Å². The van der Waals surface area contributed by atoms with Crippen molar-refractivity contribution in [3.05, 3.63) is 102 Å². The first-order valence-electron chi connectivity index (χ1n) is 10.9. The zero-order valence-corrected chi connectivity index (χ0v) is 19.1. The van der Waals surface area contributed by atoms with Crippen LogP contribution in [0, 0.1) is 11.6 Å². The zero-order valence-electron chi connectivity index (χ0n) is 18.3. The standard InChI is InChI=1S/C26H23F2N3O2S/c27-20-10-12-21(13-11-20)29-24(32)16-23-25(33)31(17-18-6-2-1-3-7-18)26(34)30(23)15-14-19-8-4-5-9-22(19)28/h1-13,23H,14-17H2,(H,29,32)/t23-/m1/s1. The number of anilines is 1. The lowest BCUT2D eigenvalue weighted by molar-refractivity contribution is -0.131. The summed E-state index contributed by atoms with van der Waals surface area (Å²) in [6, 6.07) is 20.5. The minimum Gasteiger partial charge on any atom is -0.336 e. The van der Waals surface area contributed by atoms with E-state index < -0.39 is 17.8 Å². The maximum Gasteiger partial charge on any atom is 0.252 e. The molecule has 3 aromatic carbocycles. The van der Waals surface area contributed by atoms with Crippen LogP contribution < -0.4 is 5.32 Å². The molecule has 1 aliphatic heterocycles. The van der Waals surface area contributed by atoms with Gasteiger partial charge in [0.25, 0.3) is 5.91 Å². The lowest BCUT2D eigenvalue weighted by Crippen LogP contribution is -2.39. The molecule has 1 heterocycles. The van der Waals surface area contributed by atoms with Crippen LogP contribution in [-0.4, -0.2) is 39.3 Å². The Bertz CT molecular complexity index is 1190. The Balaban J connectivity index is 1.52. The molecule has 0 aromatic heterocycles. The van der Waals surface area contributed by atoms with E-state index in [1.165, 1.54) is 35.2 Å². The summed E-state index contributed by atoms with van der Waals surface area (Å²) in [5.41, 5.74) is 1.84. The van der Waals surface area contributed by atoms with Crippen LogP contribution in [0.3, 0.4) is 0 Å². The molecule has 0 radical (unpaired) electrons. The van der Waals surface area contributed by atoms with E-state index in [4.69, 9.17) is 12.2 Å². The van der Waals surface area contributed by atoms with Crippen molar-refractivity contribution in [2.24, 2.45) is 0 Å². The summed E-state index contributed by atoms with van der Waals surface area (Å²) < 4.78 is 27.3. The molecule has 1 aliphatic rings. The highest BCUT2D eigenvalue weighted by molar-refractivity contribution is 7.80. The summed E-state index contributed by atoms with van der Waals surface area (Å²) in [7, 11) is 0. The first-order valence-corrected chi connectivity index (χ1v) is 11.3. The van der Waals surface area contributed by atoms with Crippen molar-refractivity contribution in [3.8, 4) is 0 Å². The number of halogens is 2. The van der Waals surface area contributed by atoms with E-state index >= 15 is 0 Å². The number of rotatable bonds is 8. The predicted octanol–water partition coefficient (Wildman–Crippen LogP) is 4.53. The van der Waals surface area contributed by atoms with E-state index in [9.17, 15) is 18.4 Å². The van der Waals surface area contributed by atoms with Crippen LogP contribution in [0.4, 0.5) is 14.5 Å². The molecule has 8 heteroatoms. The average molecular weight is 480 g/mol. The second-order valence-corrected chi connectivity index (χ2v) is 8.37. The Labute approximate surface area is 202 Å². The first-order chi connectivity index (χ1) is 16.4. The van der Waals surface area contributed by atoms with Gasteiger partial charge in [-0.15, -0.1) is 0 Å². The molecular weight excluding hydrogens is 456 g/mol. The normalized spacial score (nSPS) is 15.6. The van der Waals surface area contributed by atoms with Gasteiger partial charge in [-0.3, -0.25) is 14.5 Å². The molecule has 0 bridgehead atoms. The Morgan fingerprint density at radius 3 is 2.32 bits per heavy atom. The molecule has 0 saturated carbocycles. The Morgan fingerprint density at radius 1 is 0.941 bits per heavy atom. The van der Waals surface area contributed by atoms with Crippen LogP contribution in [0.1, 0.15) is 17.5 Å². The van der Waals surface area contributed by atoms with Gasteiger partial charge in [0.15, 0.2) is 5.11 Å². The molecule has 5 nitrogen and oxygen atoms in total. The third-order valence-corrected chi connectivity index (χ3v) is 6.13. The van der Waals surface area contributed by atoms with E-state index in [0.717, 1.165) is 5.56 Å². The van der Waals surface area contributed by atoms with Crippen molar-refractivity contribution >= 4 is 34.8 Å². The molecular formula is C26H23F2N3O2S. The van der Waals surface area contributed by atoms with Crippen LogP contribution in [0.5, 0.6) is 0 Å². The van der Waals surface area contributed by atoms with Crippen molar-refractivity contribution < 1.29 is 18.4 Å². The van der Waals surface area contributed by atoms with Crippen molar-refractivity contribution in [3.63, 3.8) is 0 Å². The lowest BCUT2D eigenvalue weighted by Gasteiger charge is -2.24. The average Bonchev–Trinajstić information content (AvgIpc) is 3.04. The number of carbonyl (C=O) groups is 2. The topological polar surface area (TPSA) is 52.7 Å². The number of hydrogen-bond donors (Lipinski definition) is 1. The molecule has 4 rings (SSSR count). The smallest absolute Gasteiger partial charge is 0.252 e. The third-order valence-electron chi connectivity index (χ3n) is 5.67. The molecule has 0 unspecified atom stereocenters. The van der Waals surface area contributed by atoms with Gasteiger partial charge in [-0.25, -0.2) is 8.78 Å². The Morgan fingerprint density at radius 2 is 1.62 bits per heavy atom. The van der Waals surface area contributed by atoms with Gasteiger partial charge in [0.05, 0.1) is 13.0 Å². The molecule has 0 spiro atoms. The summed E-state index contributed by atoms with van der Waals surface area (Å²) in [4.78, 5) is 29.3. The summed E-state index contributed by atoms with van der Waals surface area (Å²) in [5, 5.41) is 3.00. The van der Waals surface area contributed by atoms with E-state index in [1.807, 2.05) is 30.3 Å². The summed E-state index contributed by atoms with van der Waals surface area (Å²) in [5.74, 6) is -1.42. The quantitative estimate of drug-likeness (QED) is 0.483. The lowest BCUT2D eigenvalue weighted by atomic mass is 10.1. The van der Waals surface area contributed by atoms with Gasteiger partial charge < -0.3 is 10.2 Å². The number of amides is 2. The molecule has 3 aromatic rings. The SMILES string of the molecule is O=C(C[C@@H]1C(=O)N(Cc2ccccc2)C(=S)N1CCc1ccccc1F)Nc1ccc(F)cc1. The summed E-state index contributed by atoms with van der Waals surface area (Å²) >= 11 is 5.62. The number of nitrogens with one attached hydrogen (secondary N) is 1. The van der Waals surface area contributed by atoms with E-state index in [-0.39, 0.29) is 31.2 Å². The Kier molecular flexibility index (Phi) is 7.27. The fourth-order valence-corrected chi connectivity index (χ4v) is 4.29. The minimum absolute atomic E-state index is 0.140. The van der Waals surface area contributed by atoms with Crippen molar-refractivity contribution in [2.75, 3.05) is 11.9 Å². The molecule has 34 heavy (non-hydrogen) atoms. The van der Waals surface area contributed by atoms with Crippen molar-refractivity contribution in [1.82, 2.24) is 9.80 Å². The highest BCUT2D eigenvalue weighted by Gasteiger charge is 2.43. The highest BCUT2D eigenvalue weighted by Crippen LogP contribution is 2.24. The summed E-state index contributed by atoms with van der Waals surface area (Å²) in [6.07, 6.45) is 0.189. The number of nitrogens with zero attached hydrogens (tertiary/aromatic N) is 2. The van der Waals surface area contributed by atoms with Gasteiger partial charge in [-0.1, -0.05) is 48.5 Å². The number of hydrogen-bond acceptors (Lipinski definition) is 3. The molecule has 1 saturated heterocycles. The molecule has 1 atom stereocenters. The first kappa shape index (κ1) is 23.5. The van der Waals surface area contributed by atoms with Gasteiger partial charge >= 0.3 is 0 Å². The van der Waals surface area contributed by atoms with E-state index in [2.05, 4.69) is 5.32 Å². The summed E-state index contributed by atoms with van der Waals surface area (Å²) in [6.45, 7) is 0.566. The van der Waals surface area contributed by atoms with Crippen LogP contribution in [0.15, 0.2) is 78.9 Å².